The van der Waals surface area contributed by atoms with E-state index < -0.39 is 0 Å². The van der Waals surface area contributed by atoms with Gasteiger partial charge in [0.25, 0.3) is 0 Å². The van der Waals surface area contributed by atoms with Crippen molar-refractivity contribution in [3.63, 3.8) is 0 Å². The number of para-hydroxylation sites is 2. The Morgan fingerprint density at radius 3 is 2.50 bits per heavy atom. The van der Waals surface area contributed by atoms with Gasteiger partial charge in [0.15, 0.2) is 0 Å². The van der Waals surface area contributed by atoms with Crippen LogP contribution in [0, 0.1) is 0 Å². The third-order valence-corrected chi connectivity index (χ3v) is 5.91. The highest BCUT2D eigenvalue weighted by molar-refractivity contribution is 6.34. The summed E-state index contributed by atoms with van der Waals surface area (Å²) in [5.74, 6) is 0. The van der Waals surface area contributed by atoms with E-state index in [0.717, 1.165) is 60.3 Å². The van der Waals surface area contributed by atoms with Gasteiger partial charge in [-0.25, -0.2) is 0 Å². The average molecular weight is 385 g/mol. The monoisotopic (exact) mass is 385 g/mol. The summed E-state index contributed by atoms with van der Waals surface area (Å²) in [5.41, 5.74) is 6.02. The fourth-order valence-electron chi connectivity index (χ4n) is 4.71. The van der Waals surface area contributed by atoms with Crippen LogP contribution in [0.15, 0.2) is 95.8 Å². The lowest BCUT2D eigenvalue weighted by molar-refractivity contribution is 0.673. The maximum Gasteiger partial charge on any atom is 0.145 e. The summed E-state index contributed by atoms with van der Waals surface area (Å²) in [6.07, 6.45) is 5.61. The second-order valence-electron chi connectivity index (χ2n) is 7.49. The van der Waals surface area contributed by atoms with Gasteiger partial charge in [-0.1, -0.05) is 36.4 Å². The predicted octanol–water partition coefficient (Wildman–Crippen LogP) is 6.63. The molecule has 0 saturated carbocycles. The lowest BCUT2D eigenvalue weighted by atomic mass is 10.0. The van der Waals surface area contributed by atoms with E-state index in [0.29, 0.717) is 0 Å². The van der Waals surface area contributed by atoms with Crippen LogP contribution >= 0.6 is 0 Å². The predicted molar refractivity (Wildman–Crippen MR) is 121 cm³/mol. The summed E-state index contributed by atoms with van der Waals surface area (Å²) < 4.78 is 8.70. The number of aromatic nitrogens is 3. The Hall–Kier alpha value is -4.18. The second-order valence-corrected chi connectivity index (χ2v) is 7.49. The SMILES string of the molecule is c1ccc(-n2c3cccnc3c3c4cnccc4c4oc5ccccc5c4c32)cc1. The van der Waals surface area contributed by atoms with Crippen LogP contribution in [0.3, 0.4) is 0 Å². The quantitative estimate of drug-likeness (QED) is 0.319. The van der Waals surface area contributed by atoms with Crippen LogP contribution in [-0.4, -0.2) is 14.5 Å². The van der Waals surface area contributed by atoms with Crippen LogP contribution in [-0.2, 0) is 0 Å². The second kappa shape index (κ2) is 5.67. The Bertz CT molecular complexity index is 1740. The molecule has 3 aromatic carbocycles. The third kappa shape index (κ3) is 1.90. The van der Waals surface area contributed by atoms with Gasteiger partial charge in [0.1, 0.15) is 11.2 Å². The minimum Gasteiger partial charge on any atom is -0.455 e. The van der Waals surface area contributed by atoms with Crippen LogP contribution in [0.25, 0.3) is 60.3 Å². The first-order chi connectivity index (χ1) is 14.9. The number of nitrogens with zero attached hydrogens (tertiary/aromatic N) is 3. The molecule has 7 aromatic rings. The highest BCUT2D eigenvalue weighted by Gasteiger charge is 2.23. The van der Waals surface area contributed by atoms with Crippen molar-refractivity contribution < 1.29 is 4.42 Å². The normalized spacial score (nSPS) is 12.0. The third-order valence-electron chi connectivity index (χ3n) is 5.91. The van der Waals surface area contributed by atoms with Gasteiger partial charge >= 0.3 is 0 Å². The molecule has 0 aliphatic carbocycles. The molecular formula is C26H15N3O. The number of hydrogen-bond acceptors (Lipinski definition) is 3. The molecule has 4 heteroatoms. The molecule has 0 radical (unpaired) electrons. The summed E-state index contributed by atoms with van der Waals surface area (Å²) in [5, 5.41) is 5.44. The summed E-state index contributed by atoms with van der Waals surface area (Å²) in [4.78, 5) is 9.23. The molecule has 0 saturated heterocycles. The van der Waals surface area contributed by atoms with Gasteiger partial charge in [0.05, 0.1) is 21.9 Å². The number of benzene rings is 3. The summed E-state index contributed by atoms with van der Waals surface area (Å²) in [6.45, 7) is 0. The van der Waals surface area contributed by atoms with Crippen molar-refractivity contribution in [1.29, 1.82) is 0 Å². The Balaban J connectivity index is 1.91. The smallest absolute Gasteiger partial charge is 0.145 e. The lowest BCUT2D eigenvalue weighted by Gasteiger charge is -2.09. The van der Waals surface area contributed by atoms with Crippen molar-refractivity contribution in [3.8, 4) is 5.69 Å². The summed E-state index contributed by atoms with van der Waals surface area (Å²) >= 11 is 0. The first-order valence-electron chi connectivity index (χ1n) is 9.93. The Morgan fingerprint density at radius 1 is 0.700 bits per heavy atom. The maximum atomic E-state index is 6.40. The van der Waals surface area contributed by atoms with Crippen LogP contribution in [0.2, 0.25) is 0 Å². The fraction of sp³-hybridized carbons (Fsp3) is 0. The fourth-order valence-corrected chi connectivity index (χ4v) is 4.71. The van der Waals surface area contributed by atoms with E-state index in [2.05, 4.69) is 52.0 Å². The van der Waals surface area contributed by atoms with Gasteiger partial charge in [-0.2, -0.15) is 0 Å². The van der Waals surface area contributed by atoms with Gasteiger partial charge in [0.2, 0.25) is 0 Å². The minimum atomic E-state index is 0.885. The maximum absolute atomic E-state index is 6.40. The molecule has 0 bridgehead atoms. The van der Waals surface area contributed by atoms with Crippen molar-refractivity contribution in [2.75, 3.05) is 0 Å². The van der Waals surface area contributed by atoms with E-state index in [1.165, 1.54) is 0 Å². The van der Waals surface area contributed by atoms with Gasteiger partial charge in [-0.15, -0.1) is 0 Å². The molecule has 30 heavy (non-hydrogen) atoms. The van der Waals surface area contributed by atoms with Crippen LogP contribution in [0.4, 0.5) is 0 Å². The molecule has 4 aromatic heterocycles. The van der Waals surface area contributed by atoms with E-state index in [1.54, 1.807) is 0 Å². The average Bonchev–Trinajstić information content (AvgIpc) is 3.36. The number of furan rings is 1. The molecule has 0 atom stereocenters. The van der Waals surface area contributed by atoms with Crippen molar-refractivity contribution in [2.24, 2.45) is 0 Å². The molecule has 0 spiro atoms. The van der Waals surface area contributed by atoms with Gasteiger partial charge < -0.3 is 8.98 Å². The molecule has 0 unspecified atom stereocenters. The lowest BCUT2D eigenvalue weighted by Crippen LogP contribution is -1.94. The van der Waals surface area contributed by atoms with Crippen molar-refractivity contribution in [2.45, 2.75) is 0 Å². The molecule has 0 fully saturated rings. The molecule has 140 valence electrons. The first kappa shape index (κ1) is 15.7. The molecule has 7 rings (SSSR count). The Morgan fingerprint density at radius 2 is 1.57 bits per heavy atom. The van der Waals surface area contributed by atoms with Crippen LogP contribution < -0.4 is 0 Å². The number of fused-ring (bicyclic) bond motifs is 10. The van der Waals surface area contributed by atoms with E-state index in [9.17, 15) is 0 Å². The van der Waals surface area contributed by atoms with Crippen molar-refractivity contribution in [3.05, 3.63) is 91.4 Å². The Labute approximate surface area is 171 Å². The highest BCUT2D eigenvalue weighted by Crippen LogP contribution is 2.44. The largest absolute Gasteiger partial charge is 0.455 e. The molecule has 0 aliphatic heterocycles. The van der Waals surface area contributed by atoms with E-state index in [1.807, 2.05) is 48.9 Å². The zero-order chi connectivity index (χ0) is 19.7. The molecule has 0 amide bonds. The number of hydrogen-bond donors (Lipinski definition) is 0. The molecule has 0 N–H and O–H groups in total. The van der Waals surface area contributed by atoms with Gasteiger partial charge in [0, 0.05) is 45.8 Å². The van der Waals surface area contributed by atoms with E-state index in [4.69, 9.17) is 9.40 Å². The van der Waals surface area contributed by atoms with Crippen LogP contribution in [0.5, 0.6) is 0 Å². The molecule has 4 heterocycles. The van der Waals surface area contributed by atoms with Crippen molar-refractivity contribution in [1.82, 2.24) is 14.5 Å². The highest BCUT2D eigenvalue weighted by atomic mass is 16.3. The Kier molecular flexibility index (Phi) is 2.97. The number of rotatable bonds is 1. The number of pyridine rings is 2. The van der Waals surface area contributed by atoms with Crippen LogP contribution in [0.1, 0.15) is 0 Å². The standard InChI is InChI=1S/C26H15N3O/c1-2-7-16(8-3-1)29-20-10-6-13-28-24(20)22-19-15-27-14-12-17(19)26-23(25(22)29)18-9-4-5-11-21(18)30-26/h1-15H. The minimum absolute atomic E-state index is 0.885. The zero-order valence-corrected chi connectivity index (χ0v) is 15.9. The molecular weight excluding hydrogens is 370 g/mol. The topological polar surface area (TPSA) is 43.9 Å². The van der Waals surface area contributed by atoms with E-state index in [-0.39, 0.29) is 0 Å². The van der Waals surface area contributed by atoms with Gasteiger partial charge in [-0.3, -0.25) is 9.97 Å². The zero-order valence-electron chi connectivity index (χ0n) is 15.9. The van der Waals surface area contributed by atoms with Crippen molar-refractivity contribution >= 4 is 54.6 Å². The summed E-state index contributed by atoms with van der Waals surface area (Å²) in [6, 6.07) is 24.8. The molecule has 4 nitrogen and oxygen atoms in total. The van der Waals surface area contributed by atoms with E-state index >= 15 is 0 Å². The first-order valence-corrected chi connectivity index (χ1v) is 9.93. The van der Waals surface area contributed by atoms with Gasteiger partial charge in [-0.05, 0) is 36.4 Å². The summed E-state index contributed by atoms with van der Waals surface area (Å²) in [7, 11) is 0. The molecule has 0 aliphatic rings.